The van der Waals surface area contributed by atoms with Gasteiger partial charge in [0.2, 0.25) is 5.91 Å². The van der Waals surface area contributed by atoms with Crippen LogP contribution < -0.4 is 10.1 Å². The Morgan fingerprint density at radius 1 is 1.16 bits per heavy atom. The van der Waals surface area contributed by atoms with E-state index in [4.69, 9.17) is 9.47 Å². The predicted octanol–water partition coefficient (Wildman–Crippen LogP) is 6.32. The van der Waals surface area contributed by atoms with Crippen molar-refractivity contribution in [3.05, 3.63) is 75.1 Å². The van der Waals surface area contributed by atoms with E-state index in [1.54, 1.807) is 20.1 Å². The molecule has 0 aliphatic carbocycles. The van der Waals surface area contributed by atoms with E-state index < -0.39 is 5.97 Å². The summed E-state index contributed by atoms with van der Waals surface area (Å²) in [5.41, 5.74) is 3.86. The number of benzene rings is 2. The molecule has 3 rings (SSSR count). The lowest BCUT2D eigenvalue weighted by molar-refractivity contribution is -0.111. The van der Waals surface area contributed by atoms with Crippen molar-refractivity contribution < 1.29 is 19.1 Å². The number of anilines is 1. The Bertz CT molecular complexity index is 1120. The van der Waals surface area contributed by atoms with Crippen LogP contribution >= 0.6 is 27.3 Å². The smallest absolute Gasteiger partial charge is 0.341 e. The first kappa shape index (κ1) is 22.8. The van der Waals surface area contributed by atoms with E-state index in [0.29, 0.717) is 16.3 Å². The SMILES string of the molecule is CCOC(=O)c1c(-c2ccc(C)cc2)csc1NC(=O)/C=C/c1cc(Br)ccc1OC. The minimum absolute atomic E-state index is 0.248. The number of rotatable bonds is 7. The van der Waals surface area contributed by atoms with Gasteiger partial charge in [0, 0.05) is 27.1 Å². The summed E-state index contributed by atoms with van der Waals surface area (Å²) in [6.45, 7) is 4.00. The highest BCUT2D eigenvalue weighted by atomic mass is 79.9. The van der Waals surface area contributed by atoms with Crippen LogP contribution in [0, 0.1) is 6.92 Å². The number of nitrogens with one attached hydrogen (secondary N) is 1. The maximum Gasteiger partial charge on any atom is 0.341 e. The maximum atomic E-state index is 12.7. The zero-order valence-corrected chi connectivity index (χ0v) is 19.8. The Morgan fingerprint density at radius 2 is 1.90 bits per heavy atom. The molecule has 1 aromatic heterocycles. The first-order valence-corrected chi connectivity index (χ1v) is 11.3. The van der Waals surface area contributed by atoms with Crippen LogP contribution in [0.15, 0.2) is 58.4 Å². The quantitative estimate of drug-likeness (QED) is 0.305. The van der Waals surface area contributed by atoms with Gasteiger partial charge in [-0.2, -0.15) is 0 Å². The molecule has 3 aromatic rings. The maximum absolute atomic E-state index is 12.7. The largest absolute Gasteiger partial charge is 0.496 e. The summed E-state index contributed by atoms with van der Waals surface area (Å²) in [5.74, 6) is -0.172. The van der Waals surface area contributed by atoms with Gasteiger partial charge in [-0.3, -0.25) is 4.79 Å². The summed E-state index contributed by atoms with van der Waals surface area (Å²) in [7, 11) is 1.57. The van der Waals surface area contributed by atoms with E-state index in [1.165, 1.54) is 17.4 Å². The normalized spacial score (nSPS) is 10.8. The fraction of sp³-hybridized carbons (Fsp3) is 0.167. The molecule has 31 heavy (non-hydrogen) atoms. The molecular weight excluding hydrogens is 478 g/mol. The second-order valence-corrected chi connectivity index (χ2v) is 8.44. The molecule has 160 valence electrons. The van der Waals surface area contributed by atoms with E-state index in [0.717, 1.165) is 26.7 Å². The number of ether oxygens (including phenoxy) is 2. The molecule has 0 saturated heterocycles. The molecule has 1 amide bonds. The lowest BCUT2D eigenvalue weighted by atomic mass is 10.0. The molecule has 0 fully saturated rings. The molecule has 1 heterocycles. The third-order valence-corrected chi connectivity index (χ3v) is 5.86. The Hall–Kier alpha value is -2.90. The van der Waals surface area contributed by atoms with Crippen LogP contribution in [0.4, 0.5) is 5.00 Å². The molecule has 1 N–H and O–H groups in total. The molecule has 2 aromatic carbocycles. The molecule has 0 bridgehead atoms. The molecule has 0 unspecified atom stereocenters. The first-order valence-electron chi connectivity index (χ1n) is 9.61. The van der Waals surface area contributed by atoms with Crippen molar-refractivity contribution in [3.8, 4) is 16.9 Å². The average Bonchev–Trinajstić information content (AvgIpc) is 3.16. The van der Waals surface area contributed by atoms with Gasteiger partial charge in [0.1, 0.15) is 16.3 Å². The number of methoxy groups -OCH3 is 1. The third-order valence-electron chi connectivity index (χ3n) is 4.48. The number of esters is 1. The van der Waals surface area contributed by atoms with E-state index in [9.17, 15) is 9.59 Å². The van der Waals surface area contributed by atoms with Crippen LogP contribution in [0.1, 0.15) is 28.4 Å². The lowest BCUT2D eigenvalue weighted by Gasteiger charge is -2.08. The Morgan fingerprint density at radius 3 is 2.58 bits per heavy atom. The van der Waals surface area contributed by atoms with Crippen molar-refractivity contribution in [2.24, 2.45) is 0 Å². The Kier molecular flexibility index (Phi) is 7.65. The monoisotopic (exact) mass is 499 g/mol. The number of hydrogen-bond donors (Lipinski definition) is 1. The molecule has 5 nitrogen and oxygen atoms in total. The summed E-state index contributed by atoms with van der Waals surface area (Å²) < 4.78 is 11.4. The second-order valence-electron chi connectivity index (χ2n) is 6.65. The van der Waals surface area contributed by atoms with Crippen LogP contribution in [0.2, 0.25) is 0 Å². The molecule has 0 radical (unpaired) electrons. The van der Waals surface area contributed by atoms with Crippen molar-refractivity contribution in [2.75, 3.05) is 19.0 Å². The zero-order valence-electron chi connectivity index (χ0n) is 17.4. The molecule has 7 heteroatoms. The Labute approximate surface area is 193 Å². The number of carbonyl (C=O) groups is 2. The minimum atomic E-state index is -0.465. The second kappa shape index (κ2) is 10.4. The lowest BCUT2D eigenvalue weighted by Crippen LogP contribution is -2.12. The summed E-state index contributed by atoms with van der Waals surface area (Å²) in [6, 6.07) is 13.4. The fourth-order valence-electron chi connectivity index (χ4n) is 2.96. The van der Waals surface area contributed by atoms with Gasteiger partial charge in [-0.15, -0.1) is 11.3 Å². The van der Waals surface area contributed by atoms with Gasteiger partial charge in [0.25, 0.3) is 0 Å². The molecule has 0 atom stereocenters. The van der Waals surface area contributed by atoms with Gasteiger partial charge in [0.05, 0.1) is 13.7 Å². The van der Waals surface area contributed by atoms with Crippen LogP contribution in [0.25, 0.3) is 17.2 Å². The number of hydrogen-bond acceptors (Lipinski definition) is 5. The molecule has 0 spiro atoms. The summed E-state index contributed by atoms with van der Waals surface area (Å²) in [6.07, 6.45) is 3.07. The van der Waals surface area contributed by atoms with E-state index in [1.807, 2.05) is 54.8 Å². The van der Waals surface area contributed by atoms with Gasteiger partial charge in [-0.25, -0.2) is 4.79 Å². The van der Waals surface area contributed by atoms with Gasteiger partial charge in [-0.1, -0.05) is 45.8 Å². The fourth-order valence-corrected chi connectivity index (χ4v) is 4.29. The number of amides is 1. The highest BCUT2D eigenvalue weighted by molar-refractivity contribution is 9.10. The van der Waals surface area contributed by atoms with E-state index in [2.05, 4.69) is 21.2 Å². The highest BCUT2D eigenvalue weighted by Crippen LogP contribution is 2.36. The van der Waals surface area contributed by atoms with Gasteiger partial charge >= 0.3 is 5.97 Å². The van der Waals surface area contributed by atoms with Gasteiger partial charge < -0.3 is 14.8 Å². The van der Waals surface area contributed by atoms with Crippen molar-refractivity contribution >= 4 is 50.2 Å². The van der Waals surface area contributed by atoms with E-state index in [-0.39, 0.29) is 12.5 Å². The van der Waals surface area contributed by atoms with E-state index >= 15 is 0 Å². The van der Waals surface area contributed by atoms with Crippen molar-refractivity contribution in [3.63, 3.8) is 0 Å². The van der Waals surface area contributed by atoms with Crippen LogP contribution in [-0.2, 0) is 9.53 Å². The highest BCUT2D eigenvalue weighted by Gasteiger charge is 2.22. The van der Waals surface area contributed by atoms with Gasteiger partial charge in [-0.05, 0) is 43.7 Å². The van der Waals surface area contributed by atoms with Crippen molar-refractivity contribution in [1.29, 1.82) is 0 Å². The number of carbonyl (C=O) groups excluding carboxylic acids is 2. The van der Waals surface area contributed by atoms with Crippen molar-refractivity contribution in [2.45, 2.75) is 13.8 Å². The number of halogens is 1. The molecule has 0 saturated carbocycles. The molecule has 0 aliphatic rings. The van der Waals surface area contributed by atoms with Gasteiger partial charge in [0.15, 0.2) is 0 Å². The van der Waals surface area contributed by atoms with Crippen molar-refractivity contribution in [1.82, 2.24) is 0 Å². The molecular formula is C24H22BrNO4S. The van der Waals surface area contributed by atoms with Crippen LogP contribution in [0.5, 0.6) is 5.75 Å². The predicted molar refractivity (Wildman–Crippen MR) is 129 cm³/mol. The Balaban J connectivity index is 1.88. The number of thiophene rings is 1. The average molecular weight is 500 g/mol. The third kappa shape index (κ3) is 5.62. The number of aryl methyl sites for hydroxylation is 1. The standard InChI is InChI=1S/C24H22BrNO4S/c1-4-30-24(28)22-19(16-7-5-15(2)6-8-16)14-31-23(22)26-21(27)12-9-17-13-18(25)10-11-20(17)29-3/h5-14H,4H2,1-3H3,(H,26,27)/b12-9+. The van der Waals surface area contributed by atoms with Crippen LogP contribution in [0.3, 0.4) is 0 Å². The topological polar surface area (TPSA) is 64.6 Å². The summed E-state index contributed by atoms with van der Waals surface area (Å²) in [5, 5.41) is 5.12. The zero-order chi connectivity index (χ0) is 22.4. The summed E-state index contributed by atoms with van der Waals surface area (Å²) in [4.78, 5) is 25.3. The minimum Gasteiger partial charge on any atom is -0.496 e. The van der Waals surface area contributed by atoms with Crippen LogP contribution in [-0.4, -0.2) is 25.6 Å². The summed E-state index contributed by atoms with van der Waals surface area (Å²) >= 11 is 4.71. The first-order chi connectivity index (χ1) is 14.9. The molecule has 0 aliphatic heterocycles.